The molecule has 96 valence electrons. The lowest BCUT2D eigenvalue weighted by molar-refractivity contribution is 0.190. The Kier molecular flexibility index (Phi) is 3.43. The fraction of sp³-hybridized carbons (Fsp3) is 0.769. The van der Waals surface area contributed by atoms with Crippen LogP contribution in [0.1, 0.15) is 31.2 Å². The highest BCUT2D eigenvalue weighted by molar-refractivity contribution is 5.52. The molecule has 0 aliphatic carbocycles. The molecule has 1 aromatic heterocycles. The second-order valence-electron chi connectivity index (χ2n) is 5.36. The zero-order valence-electron chi connectivity index (χ0n) is 11.6. The number of piperidine rings is 1. The average molecular weight is 236 g/mol. The van der Waals surface area contributed by atoms with Crippen molar-refractivity contribution in [3.63, 3.8) is 0 Å². The molecule has 4 nitrogen and oxygen atoms in total. The number of hydrogen-bond donors (Lipinski definition) is 1. The summed E-state index contributed by atoms with van der Waals surface area (Å²) in [6.45, 7) is 7.68. The molecule has 1 aliphatic heterocycles. The zero-order chi connectivity index (χ0) is 12.6. The molecular formula is C13H24N4. The molecule has 1 N–H and O–H groups in total. The Morgan fingerprint density at radius 1 is 1.29 bits per heavy atom. The van der Waals surface area contributed by atoms with E-state index in [1.54, 1.807) is 0 Å². The van der Waals surface area contributed by atoms with Crippen molar-refractivity contribution in [1.29, 1.82) is 0 Å². The van der Waals surface area contributed by atoms with Crippen LogP contribution in [-0.2, 0) is 7.05 Å². The summed E-state index contributed by atoms with van der Waals surface area (Å²) in [5.41, 5.74) is 3.57. The van der Waals surface area contributed by atoms with E-state index in [1.807, 2.05) is 11.7 Å². The van der Waals surface area contributed by atoms with E-state index in [0.717, 1.165) is 5.69 Å². The Balaban J connectivity index is 2.06. The Bertz CT molecular complexity index is 396. The van der Waals surface area contributed by atoms with Crippen molar-refractivity contribution in [3.8, 4) is 0 Å². The van der Waals surface area contributed by atoms with Crippen LogP contribution in [0.2, 0.25) is 0 Å². The molecule has 0 saturated carbocycles. The van der Waals surface area contributed by atoms with Gasteiger partial charge in [-0.3, -0.25) is 4.68 Å². The van der Waals surface area contributed by atoms with Gasteiger partial charge < -0.3 is 10.2 Å². The Hall–Kier alpha value is -1.03. The van der Waals surface area contributed by atoms with E-state index < -0.39 is 0 Å². The zero-order valence-corrected chi connectivity index (χ0v) is 11.6. The molecule has 1 aliphatic rings. The van der Waals surface area contributed by atoms with Crippen molar-refractivity contribution >= 4 is 5.69 Å². The summed E-state index contributed by atoms with van der Waals surface area (Å²) in [4.78, 5) is 2.43. The van der Waals surface area contributed by atoms with Gasteiger partial charge in [0.05, 0.1) is 17.1 Å². The summed E-state index contributed by atoms with van der Waals surface area (Å²) >= 11 is 0. The van der Waals surface area contributed by atoms with Crippen molar-refractivity contribution in [2.24, 2.45) is 7.05 Å². The Morgan fingerprint density at radius 2 is 2.00 bits per heavy atom. The first-order chi connectivity index (χ1) is 7.99. The van der Waals surface area contributed by atoms with Gasteiger partial charge in [0.1, 0.15) is 0 Å². The monoisotopic (exact) mass is 236 g/mol. The normalized spacial score (nSPS) is 26.2. The maximum atomic E-state index is 4.45. The van der Waals surface area contributed by atoms with Crippen molar-refractivity contribution in [1.82, 2.24) is 14.7 Å². The summed E-state index contributed by atoms with van der Waals surface area (Å²) in [6.07, 6.45) is 2.43. The van der Waals surface area contributed by atoms with Gasteiger partial charge in [0, 0.05) is 25.7 Å². The van der Waals surface area contributed by atoms with E-state index in [-0.39, 0.29) is 0 Å². The van der Waals surface area contributed by atoms with Gasteiger partial charge in [0.25, 0.3) is 0 Å². The number of anilines is 1. The van der Waals surface area contributed by atoms with Crippen LogP contribution < -0.4 is 5.32 Å². The minimum Gasteiger partial charge on any atom is -0.379 e. The lowest BCUT2D eigenvalue weighted by atomic mass is 9.98. The van der Waals surface area contributed by atoms with Crippen LogP contribution in [0, 0.1) is 13.8 Å². The highest BCUT2D eigenvalue weighted by Crippen LogP contribution is 2.24. The van der Waals surface area contributed by atoms with Gasteiger partial charge in [-0.25, -0.2) is 0 Å². The standard InChI is InChI=1S/C13H24N4/c1-9-8-12(6-7-16(9)4)14-13-10(2)15-17(5)11(13)3/h9,12,14H,6-8H2,1-5H3. The highest BCUT2D eigenvalue weighted by Gasteiger charge is 2.24. The van der Waals surface area contributed by atoms with Crippen LogP contribution in [0.4, 0.5) is 5.69 Å². The number of nitrogens with one attached hydrogen (secondary N) is 1. The van der Waals surface area contributed by atoms with Crippen molar-refractivity contribution in [2.75, 3.05) is 18.9 Å². The molecular weight excluding hydrogens is 212 g/mol. The third-order valence-electron chi connectivity index (χ3n) is 4.07. The minimum atomic E-state index is 0.586. The van der Waals surface area contributed by atoms with E-state index in [9.17, 15) is 0 Å². The Labute approximate surface area is 104 Å². The molecule has 0 radical (unpaired) electrons. The minimum absolute atomic E-state index is 0.586. The number of aryl methyl sites for hydroxylation is 2. The number of hydrogen-bond acceptors (Lipinski definition) is 3. The SMILES string of the molecule is Cc1nn(C)c(C)c1NC1CCN(C)C(C)C1. The molecule has 4 heteroatoms. The van der Waals surface area contributed by atoms with Crippen LogP contribution in [0.15, 0.2) is 0 Å². The van der Waals surface area contributed by atoms with Gasteiger partial charge in [-0.05, 0) is 40.7 Å². The van der Waals surface area contributed by atoms with E-state index in [2.05, 4.69) is 43.1 Å². The molecule has 1 aromatic rings. The molecule has 17 heavy (non-hydrogen) atoms. The van der Waals surface area contributed by atoms with Crippen LogP contribution in [0.5, 0.6) is 0 Å². The lowest BCUT2D eigenvalue weighted by Gasteiger charge is -2.35. The summed E-state index contributed by atoms with van der Waals surface area (Å²) < 4.78 is 1.95. The summed E-state index contributed by atoms with van der Waals surface area (Å²) in [5.74, 6) is 0. The number of likely N-dealkylation sites (tertiary alicyclic amines) is 1. The number of rotatable bonds is 2. The molecule has 0 amide bonds. The fourth-order valence-corrected chi connectivity index (χ4v) is 2.61. The predicted molar refractivity (Wildman–Crippen MR) is 71.4 cm³/mol. The lowest BCUT2D eigenvalue weighted by Crippen LogP contribution is -2.42. The van der Waals surface area contributed by atoms with Crippen LogP contribution in [0.3, 0.4) is 0 Å². The van der Waals surface area contributed by atoms with Crippen LogP contribution in [0.25, 0.3) is 0 Å². The maximum absolute atomic E-state index is 4.45. The predicted octanol–water partition coefficient (Wildman–Crippen LogP) is 1.93. The molecule has 2 atom stereocenters. The van der Waals surface area contributed by atoms with Gasteiger partial charge >= 0.3 is 0 Å². The molecule has 1 saturated heterocycles. The van der Waals surface area contributed by atoms with Gasteiger partial charge in [0.15, 0.2) is 0 Å². The number of nitrogens with zero attached hydrogens (tertiary/aromatic N) is 3. The first-order valence-corrected chi connectivity index (χ1v) is 6.46. The van der Waals surface area contributed by atoms with Crippen LogP contribution >= 0.6 is 0 Å². The van der Waals surface area contributed by atoms with Gasteiger partial charge in [-0.2, -0.15) is 5.10 Å². The van der Waals surface area contributed by atoms with Gasteiger partial charge in [0.2, 0.25) is 0 Å². The van der Waals surface area contributed by atoms with Crippen LogP contribution in [-0.4, -0.2) is 40.4 Å². The maximum Gasteiger partial charge on any atom is 0.0827 e. The fourth-order valence-electron chi connectivity index (χ4n) is 2.61. The molecule has 2 rings (SSSR count). The molecule has 0 aromatic carbocycles. The third kappa shape index (κ3) is 2.46. The largest absolute Gasteiger partial charge is 0.379 e. The molecule has 1 fully saturated rings. The van der Waals surface area contributed by atoms with Gasteiger partial charge in [-0.15, -0.1) is 0 Å². The van der Waals surface area contributed by atoms with Gasteiger partial charge in [-0.1, -0.05) is 0 Å². The summed E-state index contributed by atoms with van der Waals surface area (Å²) in [7, 11) is 4.21. The van der Waals surface area contributed by atoms with Crippen molar-refractivity contribution in [3.05, 3.63) is 11.4 Å². The first kappa shape index (κ1) is 12.4. The highest BCUT2D eigenvalue weighted by atomic mass is 15.3. The summed E-state index contributed by atoms with van der Waals surface area (Å²) in [5, 5.41) is 8.13. The molecule has 2 heterocycles. The second kappa shape index (κ2) is 4.69. The topological polar surface area (TPSA) is 33.1 Å². The third-order valence-corrected chi connectivity index (χ3v) is 4.07. The van der Waals surface area contributed by atoms with Crippen molar-refractivity contribution in [2.45, 2.75) is 45.7 Å². The van der Waals surface area contributed by atoms with E-state index in [4.69, 9.17) is 0 Å². The number of aromatic nitrogens is 2. The summed E-state index contributed by atoms with van der Waals surface area (Å²) in [6, 6.07) is 1.25. The van der Waals surface area contributed by atoms with E-state index in [0.29, 0.717) is 12.1 Å². The van der Waals surface area contributed by atoms with Crippen molar-refractivity contribution < 1.29 is 0 Å². The molecule has 0 bridgehead atoms. The smallest absolute Gasteiger partial charge is 0.0827 e. The van der Waals surface area contributed by atoms with E-state index >= 15 is 0 Å². The first-order valence-electron chi connectivity index (χ1n) is 6.46. The second-order valence-corrected chi connectivity index (χ2v) is 5.36. The quantitative estimate of drug-likeness (QED) is 0.852. The Morgan fingerprint density at radius 3 is 2.53 bits per heavy atom. The van der Waals surface area contributed by atoms with E-state index in [1.165, 1.54) is 30.8 Å². The average Bonchev–Trinajstić information content (AvgIpc) is 2.50. The molecule has 2 unspecified atom stereocenters. The molecule has 0 spiro atoms.